The van der Waals surface area contributed by atoms with Gasteiger partial charge in [-0.15, -0.1) is 0 Å². The van der Waals surface area contributed by atoms with Gasteiger partial charge in [-0.3, -0.25) is 10.1 Å². The Labute approximate surface area is 170 Å². The molecule has 1 saturated carbocycles. The Morgan fingerprint density at radius 3 is 2.27 bits per heavy atom. The fraction of sp³-hybridized carbons (Fsp3) is 0.600. The predicted molar refractivity (Wildman–Crippen MR) is 96.9 cm³/mol. The van der Waals surface area contributed by atoms with Crippen LogP contribution in [0, 0.1) is 17.1 Å². The number of halogens is 6. The monoisotopic (exact) mass is 435 g/mol. The van der Waals surface area contributed by atoms with Crippen LogP contribution in [0.4, 0.5) is 26.3 Å². The fourth-order valence-electron chi connectivity index (χ4n) is 3.01. The molecule has 30 heavy (non-hydrogen) atoms. The molecule has 0 heterocycles. The fourth-order valence-corrected chi connectivity index (χ4v) is 3.01. The molecule has 0 aliphatic heterocycles. The van der Waals surface area contributed by atoms with Crippen LogP contribution in [0.2, 0.25) is 0 Å². The average Bonchev–Trinajstić information content (AvgIpc) is 3.43. The molecule has 0 bridgehead atoms. The second-order valence-electron chi connectivity index (χ2n) is 7.59. The number of nitrogens with zero attached hydrogens (tertiary/aromatic N) is 1. The minimum Gasteiger partial charge on any atom is -0.336 e. The maximum Gasteiger partial charge on any atom is 0.407 e. The van der Waals surface area contributed by atoms with Crippen LogP contribution in [0.15, 0.2) is 24.3 Å². The molecule has 0 radical (unpaired) electrons. The first kappa shape index (κ1) is 24.0. The van der Waals surface area contributed by atoms with E-state index in [2.05, 4.69) is 5.32 Å². The number of hydrogen-bond acceptors (Lipinski definition) is 3. The van der Waals surface area contributed by atoms with Gasteiger partial charge in [0.2, 0.25) is 11.8 Å². The zero-order valence-electron chi connectivity index (χ0n) is 16.3. The molecule has 10 heteroatoms. The van der Waals surface area contributed by atoms with Gasteiger partial charge in [-0.25, -0.2) is 13.2 Å². The number of amides is 1. The normalized spacial score (nSPS) is 17.7. The Bertz CT molecular complexity index is 768. The Hall–Kier alpha value is -2.28. The van der Waals surface area contributed by atoms with Crippen molar-refractivity contribution in [1.82, 2.24) is 10.6 Å². The lowest BCUT2D eigenvalue weighted by Gasteiger charge is -2.30. The summed E-state index contributed by atoms with van der Waals surface area (Å²) < 4.78 is 82.8. The lowest BCUT2D eigenvalue weighted by Crippen LogP contribution is -2.53. The Morgan fingerprint density at radius 2 is 1.80 bits per heavy atom. The number of alkyl halides is 5. The van der Waals surface area contributed by atoms with Gasteiger partial charge in [-0.05, 0) is 37.0 Å². The summed E-state index contributed by atoms with van der Waals surface area (Å²) in [5, 5.41) is 13.4. The summed E-state index contributed by atoms with van der Waals surface area (Å²) >= 11 is 0. The third-order valence-electron chi connectivity index (χ3n) is 4.94. The molecule has 1 amide bonds. The molecular weight excluding hydrogens is 412 g/mol. The Morgan fingerprint density at radius 1 is 1.20 bits per heavy atom. The highest BCUT2D eigenvalue weighted by molar-refractivity contribution is 5.83. The summed E-state index contributed by atoms with van der Waals surface area (Å²) in [4.78, 5) is 12.6. The van der Waals surface area contributed by atoms with Crippen molar-refractivity contribution in [3.63, 3.8) is 0 Å². The minimum atomic E-state index is -4.93. The summed E-state index contributed by atoms with van der Waals surface area (Å²) in [6.07, 6.45) is -5.47. The van der Waals surface area contributed by atoms with Crippen LogP contribution in [-0.2, 0) is 4.79 Å². The van der Waals surface area contributed by atoms with Gasteiger partial charge in [0, 0.05) is 12.8 Å². The van der Waals surface area contributed by atoms with Crippen molar-refractivity contribution in [3.05, 3.63) is 35.6 Å². The van der Waals surface area contributed by atoms with Crippen LogP contribution < -0.4 is 10.6 Å². The van der Waals surface area contributed by atoms with E-state index < -0.39 is 59.9 Å². The second-order valence-corrected chi connectivity index (χ2v) is 7.59. The molecule has 2 atom stereocenters. The van der Waals surface area contributed by atoms with Crippen molar-refractivity contribution < 1.29 is 31.1 Å². The third kappa shape index (κ3) is 6.62. The topological polar surface area (TPSA) is 64.9 Å². The number of unbranched alkanes of at least 4 members (excludes halogenated alkanes) is 1. The Balaban J connectivity index is 2.29. The minimum absolute atomic E-state index is 0.143. The highest BCUT2D eigenvalue weighted by Crippen LogP contribution is 2.37. The standard InChI is InChI=1S/C20H23F6N3O/c1-2-3-8-19(22,23)11-15(17(30)29-18(12-27)9-10-18)28-16(20(24,25)26)13-4-6-14(21)7-5-13/h4-7,15-16,28H,2-3,8-11H2,1H3,(H,29,30). The van der Waals surface area contributed by atoms with Crippen LogP contribution in [0.1, 0.15) is 57.1 Å². The first-order chi connectivity index (χ1) is 13.9. The summed E-state index contributed by atoms with van der Waals surface area (Å²) in [6, 6.07) is 0.862. The van der Waals surface area contributed by atoms with E-state index in [9.17, 15) is 31.1 Å². The predicted octanol–water partition coefficient (Wildman–Crippen LogP) is 4.78. The summed E-state index contributed by atoms with van der Waals surface area (Å²) in [6.45, 7) is 1.69. The molecule has 0 spiro atoms. The molecule has 2 N–H and O–H groups in total. The number of rotatable bonds is 10. The van der Waals surface area contributed by atoms with E-state index in [1.54, 1.807) is 6.92 Å². The van der Waals surface area contributed by atoms with Gasteiger partial charge in [-0.2, -0.15) is 18.4 Å². The van der Waals surface area contributed by atoms with Crippen LogP contribution in [-0.4, -0.2) is 29.6 Å². The van der Waals surface area contributed by atoms with Crippen molar-refractivity contribution in [2.75, 3.05) is 0 Å². The van der Waals surface area contributed by atoms with E-state index in [-0.39, 0.29) is 6.42 Å². The molecule has 1 aromatic rings. The maximum atomic E-state index is 14.3. The van der Waals surface area contributed by atoms with E-state index in [0.717, 1.165) is 24.3 Å². The van der Waals surface area contributed by atoms with Gasteiger partial charge in [-0.1, -0.05) is 25.5 Å². The van der Waals surface area contributed by atoms with Crippen LogP contribution in [0.5, 0.6) is 0 Å². The molecule has 166 valence electrons. The third-order valence-corrected chi connectivity index (χ3v) is 4.94. The average molecular weight is 435 g/mol. The van der Waals surface area contributed by atoms with Crippen molar-refractivity contribution in [2.45, 2.75) is 75.2 Å². The second kappa shape index (κ2) is 9.25. The molecular formula is C20H23F6N3O. The zero-order valence-corrected chi connectivity index (χ0v) is 16.3. The van der Waals surface area contributed by atoms with Gasteiger partial charge >= 0.3 is 6.18 Å². The van der Waals surface area contributed by atoms with E-state index in [0.29, 0.717) is 19.3 Å². The van der Waals surface area contributed by atoms with Crippen molar-refractivity contribution in [3.8, 4) is 6.07 Å². The van der Waals surface area contributed by atoms with Crippen molar-refractivity contribution in [2.24, 2.45) is 0 Å². The van der Waals surface area contributed by atoms with Gasteiger partial charge in [0.05, 0.1) is 12.1 Å². The van der Waals surface area contributed by atoms with Crippen LogP contribution >= 0.6 is 0 Å². The zero-order chi connectivity index (χ0) is 22.6. The molecule has 4 nitrogen and oxygen atoms in total. The van der Waals surface area contributed by atoms with Crippen molar-refractivity contribution >= 4 is 5.91 Å². The summed E-state index contributed by atoms with van der Waals surface area (Å²) in [7, 11) is 0. The molecule has 1 fully saturated rings. The lowest BCUT2D eigenvalue weighted by atomic mass is 9.99. The molecule has 1 aliphatic carbocycles. The molecule has 0 aromatic heterocycles. The number of hydrogen-bond donors (Lipinski definition) is 2. The van der Waals surface area contributed by atoms with E-state index in [1.807, 2.05) is 11.4 Å². The number of nitrogens with one attached hydrogen (secondary N) is 2. The number of benzene rings is 1. The van der Waals surface area contributed by atoms with Crippen LogP contribution in [0.25, 0.3) is 0 Å². The van der Waals surface area contributed by atoms with Gasteiger partial charge in [0.15, 0.2) is 0 Å². The van der Waals surface area contributed by atoms with Gasteiger partial charge in [0.1, 0.15) is 17.4 Å². The summed E-state index contributed by atoms with van der Waals surface area (Å²) in [5.74, 6) is -5.24. The molecule has 0 saturated heterocycles. The lowest BCUT2D eigenvalue weighted by molar-refractivity contribution is -0.163. The summed E-state index contributed by atoms with van der Waals surface area (Å²) in [5.41, 5.74) is -1.64. The molecule has 1 aliphatic rings. The first-order valence-corrected chi connectivity index (χ1v) is 9.61. The van der Waals surface area contributed by atoms with Crippen LogP contribution in [0.3, 0.4) is 0 Å². The highest BCUT2D eigenvalue weighted by atomic mass is 19.4. The smallest absolute Gasteiger partial charge is 0.336 e. The van der Waals surface area contributed by atoms with E-state index in [1.165, 1.54) is 0 Å². The molecule has 2 unspecified atom stereocenters. The number of nitriles is 1. The van der Waals surface area contributed by atoms with Gasteiger partial charge < -0.3 is 5.32 Å². The number of carbonyl (C=O) groups is 1. The van der Waals surface area contributed by atoms with E-state index in [4.69, 9.17) is 5.26 Å². The SMILES string of the molecule is CCCCC(F)(F)CC(NC(c1ccc(F)cc1)C(F)(F)F)C(=O)NC1(C#N)CC1. The quantitative estimate of drug-likeness (QED) is 0.520. The van der Waals surface area contributed by atoms with E-state index >= 15 is 0 Å². The maximum absolute atomic E-state index is 14.3. The highest BCUT2D eigenvalue weighted by Gasteiger charge is 2.49. The molecule has 2 rings (SSSR count). The Kier molecular flexibility index (Phi) is 7.40. The largest absolute Gasteiger partial charge is 0.407 e. The van der Waals surface area contributed by atoms with Crippen molar-refractivity contribution in [1.29, 1.82) is 5.26 Å². The number of carbonyl (C=O) groups excluding carboxylic acids is 1. The first-order valence-electron chi connectivity index (χ1n) is 9.61. The molecule has 1 aromatic carbocycles. The van der Waals surface area contributed by atoms with Gasteiger partial charge in [0.25, 0.3) is 0 Å².